The standard InChI is InChI=1S/C27H25ClN2O3/c1-4-33-22-13-10-20(11-14-22)24-25(29-23-15-21(28)12-7-18(23)3)27(32)30(26(24)31)16-19-8-5-17(2)6-9-19/h5-15,29H,4,16H2,1-3H3. The number of halogens is 1. The highest BCUT2D eigenvalue weighted by Crippen LogP contribution is 2.33. The second kappa shape index (κ2) is 9.51. The van der Waals surface area contributed by atoms with Gasteiger partial charge in [0.15, 0.2) is 0 Å². The van der Waals surface area contributed by atoms with Crippen LogP contribution >= 0.6 is 11.6 Å². The molecule has 0 radical (unpaired) electrons. The van der Waals surface area contributed by atoms with E-state index in [0.29, 0.717) is 34.2 Å². The van der Waals surface area contributed by atoms with Crippen LogP contribution in [-0.4, -0.2) is 23.3 Å². The summed E-state index contributed by atoms with van der Waals surface area (Å²) in [5.41, 5.74) is 4.80. The quantitative estimate of drug-likeness (QED) is 0.456. The molecule has 1 N–H and O–H groups in total. The minimum absolute atomic E-state index is 0.193. The number of carbonyl (C=O) groups is 2. The van der Waals surface area contributed by atoms with Gasteiger partial charge in [0.2, 0.25) is 0 Å². The highest BCUT2D eigenvalue weighted by molar-refractivity contribution is 6.36. The first-order valence-electron chi connectivity index (χ1n) is 10.8. The molecule has 33 heavy (non-hydrogen) atoms. The number of hydrogen-bond acceptors (Lipinski definition) is 4. The van der Waals surface area contributed by atoms with Crippen molar-refractivity contribution in [3.63, 3.8) is 0 Å². The summed E-state index contributed by atoms with van der Waals surface area (Å²) < 4.78 is 5.52. The van der Waals surface area contributed by atoms with Gasteiger partial charge in [-0.25, -0.2) is 0 Å². The predicted molar refractivity (Wildman–Crippen MR) is 131 cm³/mol. The van der Waals surface area contributed by atoms with E-state index >= 15 is 0 Å². The molecule has 0 fully saturated rings. The molecule has 0 saturated heterocycles. The number of nitrogens with one attached hydrogen (secondary N) is 1. The van der Waals surface area contributed by atoms with Gasteiger partial charge in [0.05, 0.1) is 18.7 Å². The third kappa shape index (κ3) is 4.78. The van der Waals surface area contributed by atoms with Gasteiger partial charge in [-0.1, -0.05) is 59.6 Å². The van der Waals surface area contributed by atoms with Crippen LogP contribution in [0.3, 0.4) is 0 Å². The highest BCUT2D eigenvalue weighted by Gasteiger charge is 2.39. The average Bonchev–Trinajstić information content (AvgIpc) is 3.03. The van der Waals surface area contributed by atoms with Crippen LogP contribution in [0.5, 0.6) is 5.75 Å². The molecule has 1 aliphatic rings. The van der Waals surface area contributed by atoms with Crippen LogP contribution in [0.1, 0.15) is 29.2 Å². The van der Waals surface area contributed by atoms with Gasteiger partial charge in [-0.15, -0.1) is 0 Å². The number of hydrogen-bond donors (Lipinski definition) is 1. The Labute approximate surface area is 198 Å². The lowest BCUT2D eigenvalue weighted by Crippen LogP contribution is -2.32. The minimum Gasteiger partial charge on any atom is -0.494 e. The van der Waals surface area contributed by atoms with E-state index in [1.165, 1.54) is 4.90 Å². The predicted octanol–water partition coefficient (Wildman–Crippen LogP) is 5.75. The minimum atomic E-state index is -0.371. The van der Waals surface area contributed by atoms with Gasteiger partial charge >= 0.3 is 0 Å². The summed E-state index contributed by atoms with van der Waals surface area (Å²) >= 11 is 6.18. The van der Waals surface area contributed by atoms with Crippen LogP contribution in [0.15, 0.2) is 72.4 Å². The van der Waals surface area contributed by atoms with Crippen LogP contribution in [0.4, 0.5) is 5.69 Å². The largest absolute Gasteiger partial charge is 0.494 e. The molecule has 3 aromatic rings. The number of amides is 2. The van der Waals surface area contributed by atoms with Crippen LogP contribution in [0.25, 0.3) is 5.57 Å². The maximum absolute atomic E-state index is 13.5. The molecular weight excluding hydrogens is 436 g/mol. The van der Waals surface area contributed by atoms with E-state index in [2.05, 4.69) is 5.32 Å². The van der Waals surface area contributed by atoms with Crippen molar-refractivity contribution in [2.75, 3.05) is 11.9 Å². The topological polar surface area (TPSA) is 58.6 Å². The maximum atomic E-state index is 13.5. The smallest absolute Gasteiger partial charge is 0.278 e. The van der Waals surface area contributed by atoms with Crippen LogP contribution < -0.4 is 10.1 Å². The first-order valence-corrected chi connectivity index (χ1v) is 11.2. The normalized spacial score (nSPS) is 13.6. The Morgan fingerprint density at radius 3 is 2.27 bits per heavy atom. The third-order valence-corrected chi connectivity index (χ3v) is 5.78. The monoisotopic (exact) mass is 460 g/mol. The number of ether oxygens (including phenoxy) is 1. The van der Waals surface area contributed by atoms with Crippen molar-refractivity contribution in [2.24, 2.45) is 0 Å². The Morgan fingerprint density at radius 1 is 0.909 bits per heavy atom. The summed E-state index contributed by atoms with van der Waals surface area (Å²) in [6, 6.07) is 20.4. The van der Waals surface area contributed by atoms with Crippen molar-refractivity contribution < 1.29 is 14.3 Å². The first-order chi connectivity index (χ1) is 15.9. The van der Waals surface area contributed by atoms with Crippen molar-refractivity contribution in [1.82, 2.24) is 4.90 Å². The molecule has 0 aliphatic carbocycles. The molecule has 6 heteroatoms. The summed E-state index contributed by atoms with van der Waals surface area (Å²) in [5.74, 6) is -0.00826. The Morgan fingerprint density at radius 2 is 1.61 bits per heavy atom. The van der Waals surface area contributed by atoms with E-state index in [0.717, 1.165) is 16.7 Å². The summed E-state index contributed by atoms with van der Waals surface area (Å²) in [6.45, 7) is 6.56. The van der Waals surface area contributed by atoms with Gasteiger partial charge in [-0.05, 0) is 61.7 Å². The molecule has 168 valence electrons. The maximum Gasteiger partial charge on any atom is 0.278 e. The van der Waals surface area contributed by atoms with Crippen LogP contribution in [-0.2, 0) is 16.1 Å². The molecule has 1 heterocycles. The van der Waals surface area contributed by atoms with E-state index in [1.54, 1.807) is 36.4 Å². The van der Waals surface area contributed by atoms with E-state index < -0.39 is 0 Å². The van der Waals surface area contributed by atoms with E-state index in [4.69, 9.17) is 16.3 Å². The molecule has 0 saturated carbocycles. The molecule has 2 amide bonds. The lowest BCUT2D eigenvalue weighted by Gasteiger charge is -2.16. The second-order valence-electron chi connectivity index (χ2n) is 7.97. The SMILES string of the molecule is CCOc1ccc(C2=C(Nc3cc(Cl)ccc3C)C(=O)N(Cc3ccc(C)cc3)C2=O)cc1. The fourth-order valence-electron chi connectivity index (χ4n) is 3.73. The fourth-order valence-corrected chi connectivity index (χ4v) is 3.90. The zero-order chi connectivity index (χ0) is 23.5. The number of rotatable bonds is 7. The molecule has 1 aliphatic heterocycles. The number of aryl methyl sites for hydroxylation is 2. The molecule has 0 spiro atoms. The van der Waals surface area contributed by atoms with Crippen LogP contribution in [0.2, 0.25) is 5.02 Å². The lowest BCUT2D eigenvalue weighted by molar-refractivity contribution is -0.137. The summed E-state index contributed by atoms with van der Waals surface area (Å²) in [6.07, 6.45) is 0. The molecule has 0 atom stereocenters. The second-order valence-corrected chi connectivity index (χ2v) is 8.41. The number of carbonyl (C=O) groups excluding carboxylic acids is 2. The van der Waals surface area contributed by atoms with Crippen molar-refractivity contribution in [1.29, 1.82) is 0 Å². The summed E-state index contributed by atoms with van der Waals surface area (Å²) in [7, 11) is 0. The number of benzene rings is 3. The summed E-state index contributed by atoms with van der Waals surface area (Å²) in [4.78, 5) is 28.2. The highest BCUT2D eigenvalue weighted by atomic mass is 35.5. The molecule has 4 rings (SSSR count). The molecule has 5 nitrogen and oxygen atoms in total. The molecule has 0 unspecified atom stereocenters. The Bertz CT molecular complexity index is 1230. The summed E-state index contributed by atoms with van der Waals surface area (Å²) in [5, 5.41) is 3.74. The zero-order valence-corrected chi connectivity index (χ0v) is 19.6. The van der Waals surface area contributed by atoms with Crippen molar-refractivity contribution in [2.45, 2.75) is 27.3 Å². The van der Waals surface area contributed by atoms with Crippen molar-refractivity contribution in [3.05, 3.63) is 99.7 Å². The molecule has 0 aromatic heterocycles. The molecular formula is C27H25ClN2O3. The number of nitrogens with zero attached hydrogens (tertiary/aromatic N) is 1. The van der Waals surface area contributed by atoms with Crippen LogP contribution in [0, 0.1) is 13.8 Å². The van der Waals surface area contributed by atoms with Gasteiger partial charge in [0.1, 0.15) is 11.4 Å². The van der Waals surface area contributed by atoms with E-state index in [-0.39, 0.29) is 24.1 Å². The van der Waals surface area contributed by atoms with Gasteiger partial charge in [0, 0.05) is 10.7 Å². The van der Waals surface area contributed by atoms with Crippen molar-refractivity contribution in [3.8, 4) is 5.75 Å². The van der Waals surface area contributed by atoms with Crippen molar-refractivity contribution >= 4 is 34.7 Å². The third-order valence-electron chi connectivity index (χ3n) is 5.54. The Balaban J connectivity index is 1.74. The average molecular weight is 461 g/mol. The van der Waals surface area contributed by atoms with Gasteiger partial charge in [-0.2, -0.15) is 0 Å². The lowest BCUT2D eigenvalue weighted by atomic mass is 10.0. The zero-order valence-electron chi connectivity index (χ0n) is 18.8. The number of anilines is 1. The van der Waals surface area contributed by atoms with Gasteiger partial charge < -0.3 is 10.1 Å². The Hall–Kier alpha value is -3.57. The van der Waals surface area contributed by atoms with E-state index in [9.17, 15) is 9.59 Å². The number of imide groups is 1. The Kier molecular flexibility index (Phi) is 6.52. The van der Waals surface area contributed by atoms with Gasteiger partial charge in [-0.3, -0.25) is 14.5 Å². The first kappa shape index (κ1) is 22.6. The molecule has 3 aromatic carbocycles. The molecule has 0 bridgehead atoms. The van der Waals surface area contributed by atoms with Gasteiger partial charge in [0.25, 0.3) is 11.8 Å². The van der Waals surface area contributed by atoms with E-state index in [1.807, 2.05) is 51.1 Å². The fraction of sp³-hybridized carbons (Fsp3) is 0.185.